The minimum absolute atomic E-state index is 0.00588. The first-order chi connectivity index (χ1) is 12.8. The van der Waals surface area contributed by atoms with Gasteiger partial charge in [0, 0.05) is 45.8 Å². The molecule has 2 saturated heterocycles. The number of carbonyl (C=O) groups is 1. The van der Waals surface area contributed by atoms with Crippen LogP contribution in [0.15, 0.2) is 18.2 Å². The second kappa shape index (κ2) is 8.59. The summed E-state index contributed by atoms with van der Waals surface area (Å²) in [7, 11) is 0. The van der Waals surface area contributed by atoms with E-state index in [1.165, 1.54) is 0 Å². The Morgan fingerprint density at radius 2 is 1.85 bits per heavy atom. The quantitative estimate of drug-likeness (QED) is 0.868. The molecular formula is C21H32N2O4. The maximum atomic E-state index is 12.0. The van der Waals surface area contributed by atoms with Crippen LogP contribution < -0.4 is 4.74 Å². The Bertz CT molecular complexity index is 639. The second-order valence-electron chi connectivity index (χ2n) is 8.09. The number of rotatable bonds is 4. The SMILES string of the molecule is CC(=O)N1CCN(C2CCOCC2)CC(O)(COc2cc(C)cc(C)c2)C1. The summed E-state index contributed by atoms with van der Waals surface area (Å²) in [6.45, 7) is 9.53. The fourth-order valence-electron chi connectivity index (χ4n) is 4.15. The van der Waals surface area contributed by atoms with Crippen molar-refractivity contribution in [2.45, 2.75) is 45.3 Å². The Labute approximate surface area is 162 Å². The zero-order chi connectivity index (χ0) is 19.4. The molecule has 0 spiro atoms. The predicted molar refractivity (Wildman–Crippen MR) is 104 cm³/mol. The maximum Gasteiger partial charge on any atom is 0.219 e. The molecule has 1 unspecified atom stereocenters. The highest BCUT2D eigenvalue weighted by Gasteiger charge is 2.39. The van der Waals surface area contributed by atoms with Crippen LogP contribution in [0.25, 0.3) is 0 Å². The van der Waals surface area contributed by atoms with Gasteiger partial charge in [-0.15, -0.1) is 0 Å². The van der Waals surface area contributed by atoms with E-state index in [4.69, 9.17) is 9.47 Å². The molecule has 1 amide bonds. The van der Waals surface area contributed by atoms with E-state index in [-0.39, 0.29) is 12.5 Å². The van der Waals surface area contributed by atoms with Gasteiger partial charge in [-0.1, -0.05) is 6.07 Å². The Balaban J connectivity index is 1.73. The van der Waals surface area contributed by atoms with Crippen LogP contribution >= 0.6 is 0 Å². The summed E-state index contributed by atoms with van der Waals surface area (Å²) in [5.74, 6) is 0.755. The van der Waals surface area contributed by atoms with Gasteiger partial charge < -0.3 is 19.5 Å². The molecule has 0 aromatic heterocycles. The number of β-amino-alcohol motifs (C(OH)–C–C–N with tert-alkyl or cyclic N) is 1. The van der Waals surface area contributed by atoms with Gasteiger partial charge in [0.1, 0.15) is 18.0 Å². The molecule has 6 heteroatoms. The van der Waals surface area contributed by atoms with Crippen LogP contribution in [0.4, 0.5) is 0 Å². The molecule has 2 aliphatic rings. The highest BCUT2D eigenvalue weighted by molar-refractivity contribution is 5.73. The first-order valence-corrected chi connectivity index (χ1v) is 9.85. The topological polar surface area (TPSA) is 62.2 Å². The summed E-state index contributed by atoms with van der Waals surface area (Å²) >= 11 is 0. The minimum Gasteiger partial charge on any atom is -0.490 e. The van der Waals surface area contributed by atoms with E-state index in [9.17, 15) is 9.90 Å². The lowest BCUT2D eigenvalue weighted by Gasteiger charge is -2.37. The Morgan fingerprint density at radius 1 is 1.19 bits per heavy atom. The largest absolute Gasteiger partial charge is 0.490 e. The summed E-state index contributed by atoms with van der Waals surface area (Å²) in [5.41, 5.74) is 1.16. The normalized spacial score (nSPS) is 25.3. The van der Waals surface area contributed by atoms with Crippen molar-refractivity contribution in [3.8, 4) is 5.75 Å². The number of hydrogen-bond donors (Lipinski definition) is 1. The molecule has 6 nitrogen and oxygen atoms in total. The van der Waals surface area contributed by atoms with Gasteiger partial charge in [-0.2, -0.15) is 0 Å². The van der Waals surface area contributed by atoms with Gasteiger partial charge in [-0.05, 0) is 49.9 Å². The number of benzene rings is 1. The van der Waals surface area contributed by atoms with E-state index in [0.717, 1.165) is 49.5 Å². The van der Waals surface area contributed by atoms with Crippen LogP contribution in [-0.4, -0.2) is 78.5 Å². The Kier molecular flexibility index (Phi) is 6.40. The fourth-order valence-corrected chi connectivity index (χ4v) is 4.15. The summed E-state index contributed by atoms with van der Waals surface area (Å²) in [6, 6.07) is 6.44. The standard InChI is InChI=1S/C21H32N2O4/c1-16-10-17(2)12-20(11-16)27-15-21(25)13-22(18(3)24)6-7-23(14-21)19-4-8-26-9-5-19/h10-12,19,25H,4-9,13-15H2,1-3H3. The number of aryl methyl sites for hydroxylation is 2. The highest BCUT2D eigenvalue weighted by Crippen LogP contribution is 2.24. The van der Waals surface area contributed by atoms with Gasteiger partial charge in [0.25, 0.3) is 0 Å². The van der Waals surface area contributed by atoms with E-state index in [1.807, 2.05) is 26.0 Å². The fraction of sp³-hybridized carbons (Fsp3) is 0.667. The number of hydrogen-bond acceptors (Lipinski definition) is 5. The van der Waals surface area contributed by atoms with Crippen LogP contribution in [0.1, 0.15) is 30.9 Å². The van der Waals surface area contributed by atoms with Crippen molar-refractivity contribution in [3.05, 3.63) is 29.3 Å². The van der Waals surface area contributed by atoms with Crippen molar-refractivity contribution in [2.24, 2.45) is 0 Å². The first kappa shape index (κ1) is 20.1. The molecule has 0 aliphatic carbocycles. The lowest BCUT2D eigenvalue weighted by molar-refractivity contribution is -0.132. The van der Waals surface area contributed by atoms with Crippen molar-refractivity contribution in [2.75, 3.05) is 46.0 Å². The number of aliphatic hydroxyl groups is 1. The van der Waals surface area contributed by atoms with Crippen LogP contribution in [0, 0.1) is 13.8 Å². The number of nitrogens with zero attached hydrogens (tertiary/aromatic N) is 2. The third-order valence-corrected chi connectivity index (χ3v) is 5.49. The zero-order valence-electron chi connectivity index (χ0n) is 16.7. The Morgan fingerprint density at radius 3 is 2.48 bits per heavy atom. The first-order valence-electron chi connectivity index (χ1n) is 9.85. The zero-order valence-corrected chi connectivity index (χ0v) is 16.7. The summed E-state index contributed by atoms with van der Waals surface area (Å²) < 4.78 is 11.5. The van der Waals surface area contributed by atoms with Crippen molar-refractivity contribution < 1.29 is 19.4 Å². The molecule has 0 bridgehead atoms. The van der Waals surface area contributed by atoms with E-state index in [2.05, 4.69) is 11.0 Å². The van der Waals surface area contributed by atoms with Crippen LogP contribution in [0.5, 0.6) is 5.75 Å². The molecule has 2 heterocycles. The molecule has 3 rings (SSSR count). The molecule has 0 saturated carbocycles. The second-order valence-corrected chi connectivity index (χ2v) is 8.09. The smallest absolute Gasteiger partial charge is 0.219 e. The van der Waals surface area contributed by atoms with Gasteiger partial charge in [0.15, 0.2) is 0 Å². The average molecular weight is 376 g/mol. The molecule has 1 atom stereocenters. The lowest BCUT2D eigenvalue weighted by Crippen LogP contribution is -2.53. The molecular weight excluding hydrogens is 344 g/mol. The predicted octanol–water partition coefficient (Wildman–Crippen LogP) is 1.76. The summed E-state index contributed by atoms with van der Waals surface area (Å²) in [6.07, 6.45) is 1.93. The number of amides is 1. The Hall–Kier alpha value is -1.63. The van der Waals surface area contributed by atoms with Gasteiger partial charge in [0.2, 0.25) is 5.91 Å². The van der Waals surface area contributed by atoms with E-state index in [1.54, 1.807) is 11.8 Å². The van der Waals surface area contributed by atoms with Crippen LogP contribution in [0.2, 0.25) is 0 Å². The van der Waals surface area contributed by atoms with Crippen LogP contribution in [-0.2, 0) is 9.53 Å². The summed E-state index contributed by atoms with van der Waals surface area (Å²) in [4.78, 5) is 16.1. The number of ether oxygens (including phenoxy) is 2. The van der Waals surface area contributed by atoms with Crippen molar-refractivity contribution in [1.82, 2.24) is 9.80 Å². The molecule has 0 radical (unpaired) electrons. The van der Waals surface area contributed by atoms with E-state index >= 15 is 0 Å². The monoisotopic (exact) mass is 376 g/mol. The van der Waals surface area contributed by atoms with E-state index in [0.29, 0.717) is 25.7 Å². The molecule has 1 N–H and O–H groups in total. The third kappa shape index (κ3) is 5.43. The molecule has 1 aromatic rings. The molecule has 2 aliphatic heterocycles. The van der Waals surface area contributed by atoms with Gasteiger partial charge >= 0.3 is 0 Å². The van der Waals surface area contributed by atoms with Gasteiger partial charge in [0.05, 0.1) is 6.54 Å². The van der Waals surface area contributed by atoms with Gasteiger partial charge in [-0.3, -0.25) is 9.69 Å². The lowest BCUT2D eigenvalue weighted by atomic mass is 10.0. The molecule has 2 fully saturated rings. The average Bonchev–Trinajstić information content (AvgIpc) is 2.80. The highest BCUT2D eigenvalue weighted by atomic mass is 16.5. The van der Waals surface area contributed by atoms with Gasteiger partial charge in [-0.25, -0.2) is 0 Å². The van der Waals surface area contributed by atoms with Crippen molar-refractivity contribution >= 4 is 5.91 Å². The summed E-state index contributed by atoms with van der Waals surface area (Å²) in [5, 5.41) is 11.4. The molecule has 1 aromatic carbocycles. The third-order valence-electron chi connectivity index (χ3n) is 5.49. The number of carbonyl (C=O) groups excluding carboxylic acids is 1. The van der Waals surface area contributed by atoms with E-state index < -0.39 is 5.60 Å². The maximum absolute atomic E-state index is 12.0. The van der Waals surface area contributed by atoms with Crippen molar-refractivity contribution in [3.63, 3.8) is 0 Å². The van der Waals surface area contributed by atoms with Crippen LogP contribution in [0.3, 0.4) is 0 Å². The van der Waals surface area contributed by atoms with Crippen molar-refractivity contribution in [1.29, 1.82) is 0 Å². The molecule has 27 heavy (non-hydrogen) atoms. The molecule has 150 valence electrons. The minimum atomic E-state index is -1.10.